The second-order valence-corrected chi connectivity index (χ2v) is 3.74. The van der Waals surface area contributed by atoms with Gasteiger partial charge in [-0.2, -0.15) is 0 Å². The van der Waals surface area contributed by atoms with E-state index in [1.807, 2.05) is 14.1 Å². The van der Waals surface area contributed by atoms with Gasteiger partial charge < -0.3 is 14.4 Å². The van der Waals surface area contributed by atoms with Crippen LogP contribution in [-0.2, 0) is 4.74 Å². The Hall–Kier alpha value is -1.69. The van der Waals surface area contributed by atoms with Crippen LogP contribution in [0.15, 0.2) is 12.4 Å². The summed E-state index contributed by atoms with van der Waals surface area (Å²) in [5, 5.41) is 0. The summed E-state index contributed by atoms with van der Waals surface area (Å²) in [7, 11) is 5.31. The van der Waals surface area contributed by atoms with Crippen molar-refractivity contribution in [1.29, 1.82) is 0 Å². The average molecular weight is 239 g/mol. The van der Waals surface area contributed by atoms with Crippen molar-refractivity contribution in [3.05, 3.63) is 18.1 Å². The number of hydrogen-bond donors (Lipinski definition) is 0. The number of ether oxygens (including phenoxy) is 2. The van der Waals surface area contributed by atoms with Crippen LogP contribution < -0.4 is 4.74 Å². The summed E-state index contributed by atoms with van der Waals surface area (Å²) in [6.45, 7) is 1.53. The van der Waals surface area contributed by atoms with Crippen LogP contribution in [0.1, 0.15) is 16.9 Å². The molecule has 0 aromatic carbocycles. The van der Waals surface area contributed by atoms with E-state index in [0.717, 1.165) is 13.0 Å². The van der Waals surface area contributed by atoms with Crippen LogP contribution in [0, 0.1) is 0 Å². The summed E-state index contributed by atoms with van der Waals surface area (Å²) in [5.41, 5.74) is 0.174. The Morgan fingerprint density at radius 1 is 1.35 bits per heavy atom. The third kappa shape index (κ3) is 4.78. The molecule has 0 aliphatic rings. The molecule has 1 rings (SSSR count). The summed E-state index contributed by atoms with van der Waals surface area (Å²) in [5.74, 6) is -0.0898. The molecule has 0 N–H and O–H groups in total. The molecule has 0 aliphatic heterocycles. The van der Waals surface area contributed by atoms with Gasteiger partial charge in [-0.3, -0.25) is 0 Å². The molecule has 17 heavy (non-hydrogen) atoms. The molecule has 0 saturated carbocycles. The molecule has 94 valence electrons. The third-order valence-electron chi connectivity index (χ3n) is 2.02. The zero-order valence-electron chi connectivity index (χ0n) is 10.3. The molecule has 0 atom stereocenters. The van der Waals surface area contributed by atoms with Crippen LogP contribution in [0.3, 0.4) is 0 Å². The molecule has 0 saturated heterocycles. The van der Waals surface area contributed by atoms with Crippen LogP contribution in [0.2, 0.25) is 0 Å². The molecule has 0 unspecified atom stereocenters. The van der Waals surface area contributed by atoms with Gasteiger partial charge in [0.1, 0.15) is 0 Å². The Bertz CT molecular complexity index is 351. The average Bonchev–Trinajstić information content (AvgIpc) is 2.34. The second-order valence-electron chi connectivity index (χ2n) is 3.74. The monoisotopic (exact) mass is 239 g/mol. The summed E-state index contributed by atoms with van der Waals surface area (Å²) in [6, 6.07) is 0. The Balaban J connectivity index is 2.38. The molecule has 1 aromatic rings. The third-order valence-corrected chi connectivity index (χ3v) is 2.02. The predicted octanol–water partition coefficient (Wildman–Crippen LogP) is 0.594. The zero-order valence-corrected chi connectivity index (χ0v) is 10.3. The minimum atomic E-state index is -0.503. The van der Waals surface area contributed by atoms with E-state index in [1.54, 1.807) is 0 Å². The molecule has 0 amide bonds. The predicted molar refractivity (Wildman–Crippen MR) is 62.0 cm³/mol. The number of hydrogen-bond acceptors (Lipinski definition) is 6. The Labute approximate surface area is 101 Å². The van der Waals surface area contributed by atoms with E-state index in [9.17, 15) is 4.79 Å². The summed E-state index contributed by atoms with van der Waals surface area (Å²) >= 11 is 0. The van der Waals surface area contributed by atoms with Crippen LogP contribution in [0.5, 0.6) is 5.88 Å². The first-order valence-corrected chi connectivity index (χ1v) is 5.31. The molecule has 0 fully saturated rings. The van der Waals surface area contributed by atoms with E-state index >= 15 is 0 Å². The summed E-state index contributed by atoms with van der Waals surface area (Å²) in [6.07, 6.45) is 3.67. The highest BCUT2D eigenvalue weighted by molar-refractivity contribution is 5.86. The van der Waals surface area contributed by atoms with E-state index < -0.39 is 5.97 Å². The Morgan fingerprint density at radius 2 is 2.12 bits per heavy atom. The van der Waals surface area contributed by atoms with E-state index in [2.05, 4.69) is 19.6 Å². The van der Waals surface area contributed by atoms with Crippen molar-refractivity contribution in [1.82, 2.24) is 14.9 Å². The van der Waals surface area contributed by atoms with Crippen molar-refractivity contribution in [2.45, 2.75) is 6.42 Å². The van der Waals surface area contributed by atoms with Gasteiger partial charge in [0.25, 0.3) is 0 Å². The number of rotatable bonds is 6. The molecule has 0 aliphatic carbocycles. The highest BCUT2D eigenvalue weighted by Crippen LogP contribution is 2.05. The molecular weight excluding hydrogens is 222 g/mol. The fourth-order valence-electron chi connectivity index (χ4n) is 1.16. The SMILES string of the molecule is COC(=O)c1cnc(OCCCN(C)C)cn1. The minimum Gasteiger partial charge on any atom is -0.477 e. The van der Waals surface area contributed by atoms with Crippen molar-refractivity contribution in [3.63, 3.8) is 0 Å². The van der Waals surface area contributed by atoms with Gasteiger partial charge in [-0.25, -0.2) is 14.8 Å². The topological polar surface area (TPSA) is 64.6 Å². The largest absolute Gasteiger partial charge is 0.477 e. The number of esters is 1. The molecule has 1 heterocycles. The zero-order chi connectivity index (χ0) is 12.7. The van der Waals surface area contributed by atoms with Crippen molar-refractivity contribution in [2.75, 3.05) is 34.4 Å². The van der Waals surface area contributed by atoms with Gasteiger partial charge in [0.15, 0.2) is 5.69 Å². The van der Waals surface area contributed by atoms with Gasteiger partial charge in [-0.1, -0.05) is 0 Å². The molecule has 6 heteroatoms. The first-order chi connectivity index (χ1) is 8.13. The van der Waals surface area contributed by atoms with Crippen LogP contribution in [0.25, 0.3) is 0 Å². The van der Waals surface area contributed by atoms with Crippen molar-refractivity contribution < 1.29 is 14.3 Å². The lowest BCUT2D eigenvalue weighted by atomic mass is 10.4. The van der Waals surface area contributed by atoms with E-state index in [0.29, 0.717) is 12.5 Å². The van der Waals surface area contributed by atoms with E-state index in [4.69, 9.17) is 4.74 Å². The van der Waals surface area contributed by atoms with Crippen LogP contribution in [0.4, 0.5) is 0 Å². The van der Waals surface area contributed by atoms with Gasteiger partial charge in [-0.05, 0) is 20.5 Å². The van der Waals surface area contributed by atoms with Gasteiger partial charge in [0, 0.05) is 6.54 Å². The number of methoxy groups -OCH3 is 1. The number of nitrogens with zero attached hydrogens (tertiary/aromatic N) is 3. The van der Waals surface area contributed by atoms with Gasteiger partial charge in [0.2, 0.25) is 5.88 Å². The molecule has 0 radical (unpaired) electrons. The maximum absolute atomic E-state index is 11.1. The quantitative estimate of drug-likeness (QED) is 0.535. The number of carbonyl (C=O) groups excluding carboxylic acids is 1. The first kappa shape index (κ1) is 13.4. The molecule has 0 bridgehead atoms. The van der Waals surface area contributed by atoms with Crippen LogP contribution in [-0.4, -0.2) is 55.2 Å². The van der Waals surface area contributed by atoms with Gasteiger partial charge >= 0.3 is 5.97 Å². The smallest absolute Gasteiger partial charge is 0.358 e. The molecule has 0 spiro atoms. The normalized spacial score (nSPS) is 10.4. The lowest BCUT2D eigenvalue weighted by Crippen LogP contribution is -2.15. The van der Waals surface area contributed by atoms with Crippen molar-refractivity contribution >= 4 is 5.97 Å². The first-order valence-electron chi connectivity index (χ1n) is 5.31. The highest BCUT2D eigenvalue weighted by Gasteiger charge is 2.07. The fourth-order valence-corrected chi connectivity index (χ4v) is 1.16. The Kier molecular flexibility index (Phi) is 5.35. The number of aromatic nitrogens is 2. The maximum atomic E-state index is 11.1. The van der Waals surface area contributed by atoms with E-state index in [1.165, 1.54) is 19.5 Å². The van der Waals surface area contributed by atoms with Crippen molar-refractivity contribution in [2.24, 2.45) is 0 Å². The lowest BCUT2D eigenvalue weighted by molar-refractivity contribution is 0.0593. The summed E-state index contributed by atoms with van der Waals surface area (Å²) in [4.78, 5) is 21.0. The fraction of sp³-hybridized carbons (Fsp3) is 0.545. The summed E-state index contributed by atoms with van der Waals surface area (Å²) < 4.78 is 9.89. The molecule has 6 nitrogen and oxygen atoms in total. The Morgan fingerprint density at radius 3 is 2.65 bits per heavy atom. The van der Waals surface area contributed by atoms with Crippen LogP contribution >= 0.6 is 0 Å². The second kappa shape index (κ2) is 6.80. The minimum absolute atomic E-state index is 0.174. The van der Waals surface area contributed by atoms with Crippen molar-refractivity contribution in [3.8, 4) is 5.88 Å². The van der Waals surface area contributed by atoms with E-state index in [-0.39, 0.29) is 5.69 Å². The molecular formula is C11H17N3O3. The maximum Gasteiger partial charge on any atom is 0.358 e. The standard InChI is InChI=1S/C11H17N3O3/c1-14(2)5-4-6-17-10-8-12-9(7-13-10)11(15)16-3/h7-8H,4-6H2,1-3H3. The van der Waals surface area contributed by atoms with Gasteiger partial charge in [-0.15, -0.1) is 0 Å². The highest BCUT2D eigenvalue weighted by atomic mass is 16.5. The van der Waals surface area contributed by atoms with Gasteiger partial charge in [0.05, 0.1) is 26.1 Å². The lowest BCUT2D eigenvalue weighted by Gasteiger charge is -2.09. The molecule has 1 aromatic heterocycles. The number of carbonyl (C=O) groups is 1.